The molecule has 0 aromatic rings. The fourth-order valence-electron chi connectivity index (χ4n) is 0.530. The van der Waals surface area contributed by atoms with Crippen LogP contribution in [0.4, 0.5) is 0 Å². The van der Waals surface area contributed by atoms with Crippen LogP contribution in [0.25, 0.3) is 0 Å². The topological polar surface area (TPSA) is 0 Å². The van der Waals surface area contributed by atoms with Crippen molar-refractivity contribution in [2.75, 3.05) is 0 Å². The van der Waals surface area contributed by atoms with E-state index in [1.54, 1.807) is 0 Å². The van der Waals surface area contributed by atoms with Gasteiger partial charge in [0, 0.05) is 8.07 Å². The minimum atomic E-state index is -0.720. The van der Waals surface area contributed by atoms with Gasteiger partial charge in [-0.2, -0.15) is 6.42 Å². The molecule has 9 heavy (non-hydrogen) atoms. The summed E-state index contributed by atoms with van der Waals surface area (Å²) in [4.78, 5) is 0. The molecule has 0 fully saturated rings. The van der Waals surface area contributed by atoms with Crippen molar-refractivity contribution < 1.29 is 12.4 Å². The molecular formula is C6H15ClMgSi. The molecule has 0 heterocycles. The fourth-order valence-corrected chi connectivity index (χ4v) is 1.59. The smallest absolute Gasteiger partial charge is 1.00 e. The molecule has 3 heteroatoms. The van der Waals surface area contributed by atoms with Gasteiger partial charge < -0.3 is 19.3 Å². The van der Waals surface area contributed by atoms with Gasteiger partial charge in [0.25, 0.3) is 0 Å². The third kappa shape index (κ3) is 17.6. The van der Waals surface area contributed by atoms with E-state index in [0.717, 1.165) is 6.42 Å². The van der Waals surface area contributed by atoms with Crippen molar-refractivity contribution in [1.82, 2.24) is 0 Å². The number of halogens is 1. The Morgan fingerprint density at radius 3 is 1.56 bits per heavy atom. The van der Waals surface area contributed by atoms with E-state index in [9.17, 15) is 0 Å². The van der Waals surface area contributed by atoms with Gasteiger partial charge in [-0.1, -0.05) is 25.7 Å². The van der Waals surface area contributed by atoms with Gasteiger partial charge in [0.2, 0.25) is 0 Å². The van der Waals surface area contributed by atoms with Crippen molar-refractivity contribution in [2.45, 2.75) is 32.1 Å². The molecule has 0 saturated heterocycles. The number of hydrogen-bond acceptors (Lipinski definition) is 0. The maximum absolute atomic E-state index is 3.81. The minimum absolute atomic E-state index is 0. The molecule has 0 aromatic heterocycles. The molecule has 0 aliphatic carbocycles. The van der Waals surface area contributed by atoms with E-state index in [4.69, 9.17) is 0 Å². The van der Waals surface area contributed by atoms with E-state index in [1.807, 2.05) is 0 Å². The number of rotatable bonds is 2. The second-order valence-electron chi connectivity index (χ2n) is 3.16. The summed E-state index contributed by atoms with van der Waals surface area (Å²) >= 11 is 0. The van der Waals surface area contributed by atoms with Gasteiger partial charge in [0.1, 0.15) is 0 Å². The fraction of sp³-hybridized carbons (Fsp3) is 0.833. The van der Waals surface area contributed by atoms with Crippen molar-refractivity contribution in [3.63, 3.8) is 0 Å². The van der Waals surface area contributed by atoms with Crippen molar-refractivity contribution in [3.8, 4) is 0 Å². The van der Waals surface area contributed by atoms with E-state index >= 15 is 0 Å². The van der Waals surface area contributed by atoms with Crippen molar-refractivity contribution in [3.05, 3.63) is 6.92 Å². The van der Waals surface area contributed by atoms with E-state index in [0.29, 0.717) is 0 Å². The number of hydrogen-bond donors (Lipinski definition) is 0. The summed E-state index contributed by atoms with van der Waals surface area (Å²) in [6.45, 7) is 10.9. The zero-order valence-corrected chi connectivity index (χ0v) is 9.88. The molecule has 0 bridgehead atoms. The van der Waals surface area contributed by atoms with Crippen LogP contribution >= 0.6 is 0 Å². The van der Waals surface area contributed by atoms with Crippen molar-refractivity contribution >= 4 is 31.1 Å². The molecule has 0 unspecified atom stereocenters. The maximum atomic E-state index is 3.81. The largest absolute Gasteiger partial charge is 2.00 e. The molecule has 52 valence electrons. The van der Waals surface area contributed by atoms with Crippen LogP contribution in [0.5, 0.6) is 0 Å². The van der Waals surface area contributed by atoms with Crippen molar-refractivity contribution in [2.24, 2.45) is 0 Å². The molecule has 0 rings (SSSR count). The molecule has 0 spiro atoms. The molecule has 0 radical (unpaired) electrons. The van der Waals surface area contributed by atoms with Crippen LogP contribution in [-0.2, 0) is 0 Å². The Hall–Kier alpha value is 1.27. The van der Waals surface area contributed by atoms with E-state index < -0.39 is 8.07 Å². The zero-order valence-electron chi connectivity index (χ0n) is 6.71. The zero-order chi connectivity index (χ0) is 5.91. The predicted octanol–water partition coefficient (Wildman–Crippen LogP) is -0.828. The maximum Gasteiger partial charge on any atom is 2.00 e. The predicted molar refractivity (Wildman–Crippen MR) is 43.9 cm³/mol. The molecule has 0 aliphatic heterocycles. The summed E-state index contributed by atoms with van der Waals surface area (Å²) in [5.74, 6) is 0. The second-order valence-corrected chi connectivity index (χ2v) is 8.79. The molecule has 0 amide bonds. The average Bonchev–Trinajstić information content (AvgIpc) is 1.30. The second kappa shape index (κ2) is 7.38. The summed E-state index contributed by atoms with van der Waals surface area (Å²) in [5, 5.41) is 0. The SMILES string of the molecule is [CH2-]CC[Si](C)(C)C.[Cl-].[Mg+2]. The third-order valence-corrected chi connectivity index (χ3v) is 2.78. The van der Waals surface area contributed by atoms with E-state index in [2.05, 4.69) is 26.6 Å². The Bertz CT molecular complexity index is 51.5. The Kier molecular flexibility index (Phi) is 13.7. The van der Waals surface area contributed by atoms with Crippen LogP contribution in [0.1, 0.15) is 6.42 Å². The Labute approximate surface area is 82.4 Å². The molecule has 0 atom stereocenters. The van der Waals surface area contributed by atoms with Gasteiger partial charge in [-0.3, -0.25) is 0 Å². The van der Waals surface area contributed by atoms with Crippen LogP contribution in [0.2, 0.25) is 25.7 Å². The molecule has 0 aliphatic rings. The molecule has 0 nitrogen and oxygen atoms in total. The van der Waals surface area contributed by atoms with Gasteiger partial charge in [0.05, 0.1) is 0 Å². The monoisotopic (exact) mass is 174 g/mol. The molecule has 0 saturated carbocycles. The summed E-state index contributed by atoms with van der Waals surface area (Å²) in [6.07, 6.45) is 1.12. The van der Waals surface area contributed by atoms with E-state index in [-0.39, 0.29) is 35.5 Å². The standard InChI is InChI=1S/C6H15Si.ClH.Mg/c1-5-6-7(2,3)4;;/h1,5-6H2,2-4H3;1H;/q-1;;+2/p-1. The van der Waals surface area contributed by atoms with Crippen molar-refractivity contribution in [1.29, 1.82) is 0 Å². The van der Waals surface area contributed by atoms with E-state index in [1.165, 1.54) is 6.04 Å². The average molecular weight is 175 g/mol. The first-order valence-corrected chi connectivity index (χ1v) is 6.56. The summed E-state index contributed by atoms with van der Waals surface area (Å²) in [7, 11) is -0.720. The van der Waals surface area contributed by atoms with Crippen LogP contribution in [0.15, 0.2) is 0 Å². The van der Waals surface area contributed by atoms with Gasteiger partial charge in [-0.05, 0) is 0 Å². The van der Waals surface area contributed by atoms with Crippen LogP contribution in [0, 0.1) is 6.92 Å². The van der Waals surface area contributed by atoms with Crippen LogP contribution < -0.4 is 12.4 Å². The first kappa shape index (κ1) is 16.7. The third-order valence-electron chi connectivity index (χ3n) is 0.927. The quantitative estimate of drug-likeness (QED) is 0.379. The first-order chi connectivity index (χ1) is 3.06. The van der Waals surface area contributed by atoms with Gasteiger partial charge in [-0.15, -0.1) is 0 Å². The van der Waals surface area contributed by atoms with Gasteiger partial charge >= 0.3 is 23.1 Å². The Balaban J connectivity index is -0.000000180. The summed E-state index contributed by atoms with van der Waals surface area (Å²) in [5.41, 5.74) is 0. The Morgan fingerprint density at radius 1 is 1.22 bits per heavy atom. The van der Waals surface area contributed by atoms with Crippen LogP contribution in [-0.4, -0.2) is 31.1 Å². The summed E-state index contributed by atoms with van der Waals surface area (Å²) in [6, 6.07) is 1.37. The van der Waals surface area contributed by atoms with Gasteiger partial charge in [-0.25, -0.2) is 0 Å². The van der Waals surface area contributed by atoms with Crippen LogP contribution in [0.3, 0.4) is 0 Å². The summed E-state index contributed by atoms with van der Waals surface area (Å²) < 4.78 is 0. The normalized spacial score (nSPS) is 9.33. The molecule has 0 aromatic carbocycles. The van der Waals surface area contributed by atoms with Gasteiger partial charge in [0.15, 0.2) is 0 Å². The first-order valence-electron chi connectivity index (χ1n) is 2.85. The minimum Gasteiger partial charge on any atom is -1.00 e. The molecular weight excluding hydrogens is 160 g/mol. The Morgan fingerprint density at radius 2 is 1.56 bits per heavy atom. The molecule has 0 N–H and O–H groups in total.